The van der Waals surface area contributed by atoms with Gasteiger partial charge in [-0.2, -0.15) is 0 Å². The minimum atomic E-state index is -0.665. The first kappa shape index (κ1) is 14.8. The van der Waals surface area contributed by atoms with Gasteiger partial charge in [0.2, 0.25) is 0 Å². The lowest BCUT2D eigenvalue weighted by Crippen LogP contribution is -2.12. The number of hydrogen-bond donors (Lipinski definition) is 2. The first-order chi connectivity index (χ1) is 9.58. The Morgan fingerprint density at radius 3 is 2.55 bits per heavy atom. The van der Waals surface area contributed by atoms with Crippen LogP contribution in [0.4, 0.5) is 0 Å². The van der Waals surface area contributed by atoms with Crippen molar-refractivity contribution in [3.05, 3.63) is 64.1 Å². The summed E-state index contributed by atoms with van der Waals surface area (Å²) < 4.78 is 0.869. The van der Waals surface area contributed by atoms with E-state index in [-0.39, 0.29) is 11.8 Å². The van der Waals surface area contributed by atoms with Crippen molar-refractivity contribution in [3.8, 4) is 5.75 Å². The van der Waals surface area contributed by atoms with Gasteiger partial charge in [-0.05, 0) is 30.7 Å². The van der Waals surface area contributed by atoms with Gasteiger partial charge in [-0.3, -0.25) is 4.99 Å². The third-order valence-corrected chi connectivity index (χ3v) is 3.53. The van der Waals surface area contributed by atoms with E-state index in [1.807, 2.05) is 37.3 Å². The first-order valence-electron chi connectivity index (χ1n) is 6.32. The molecule has 0 unspecified atom stereocenters. The Labute approximate surface area is 126 Å². The number of aliphatic hydroxyl groups is 1. The van der Waals surface area contributed by atoms with Crippen LogP contribution < -0.4 is 0 Å². The number of aliphatic hydroxyl groups excluding tert-OH is 1. The number of nitrogens with zero attached hydrogens (tertiary/aromatic N) is 1. The fraction of sp³-hybridized carbons (Fsp3) is 0.188. The summed E-state index contributed by atoms with van der Waals surface area (Å²) in [5.74, 6) is 0.165. The summed E-state index contributed by atoms with van der Waals surface area (Å²) in [6.45, 7) is 1.84. The summed E-state index contributed by atoms with van der Waals surface area (Å²) in [4.78, 5) is 4.32. The van der Waals surface area contributed by atoms with Gasteiger partial charge in [0.15, 0.2) is 0 Å². The molecule has 0 heterocycles. The van der Waals surface area contributed by atoms with Crippen molar-refractivity contribution in [3.63, 3.8) is 0 Å². The SMILES string of the molecule is C[C@@H](N=Cc1cc(Br)ccc1O)[C@@H](O)c1ccccc1. The molecule has 4 heteroatoms. The molecule has 0 saturated carbocycles. The van der Waals surface area contributed by atoms with Crippen molar-refractivity contribution in [1.29, 1.82) is 0 Å². The number of halogens is 1. The lowest BCUT2D eigenvalue weighted by Gasteiger charge is -2.15. The second-order valence-corrected chi connectivity index (χ2v) is 5.49. The van der Waals surface area contributed by atoms with Gasteiger partial charge in [-0.15, -0.1) is 0 Å². The second kappa shape index (κ2) is 6.68. The van der Waals surface area contributed by atoms with Crippen LogP contribution in [0, 0.1) is 0 Å². The van der Waals surface area contributed by atoms with Gasteiger partial charge >= 0.3 is 0 Å². The number of phenolic OH excluding ortho intramolecular Hbond substituents is 1. The Morgan fingerprint density at radius 2 is 1.85 bits per heavy atom. The highest BCUT2D eigenvalue weighted by Crippen LogP contribution is 2.22. The average molecular weight is 334 g/mol. The van der Waals surface area contributed by atoms with E-state index in [1.54, 1.807) is 24.4 Å². The molecule has 2 aromatic rings. The maximum atomic E-state index is 10.2. The Morgan fingerprint density at radius 1 is 1.15 bits per heavy atom. The molecular formula is C16H16BrNO2. The highest BCUT2D eigenvalue weighted by Gasteiger charge is 2.14. The van der Waals surface area contributed by atoms with E-state index in [4.69, 9.17) is 0 Å². The van der Waals surface area contributed by atoms with E-state index < -0.39 is 6.10 Å². The van der Waals surface area contributed by atoms with E-state index in [0.717, 1.165) is 10.0 Å². The van der Waals surface area contributed by atoms with Crippen molar-refractivity contribution in [2.45, 2.75) is 19.1 Å². The number of phenols is 1. The third kappa shape index (κ3) is 3.68. The topological polar surface area (TPSA) is 52.8 Å². The highest BCUT2D eigenvalue weighted by atomic mass is 79.9. The van der Waals surface area contributed by atoms with Crippen LogP contribution in [0.2, 0.25) is 0 Å². The van der Waals surface area contributed by atoms with Gasteiger partial charge in [0.25, 0.3) is 0 Å². The smallest absolute Gasteiger partial charge is 0.124 e. The minimum absolute atomic E-state index is 0.165. The standard InChI is InChI=1S/C16H16BrNO2/c1-11(16(20)12-5-3-2-4-6-12)18-10-13-9-14(17)7-8-15(13)19/h2-11,16,19-20H,1H3/t11-,16-/m1/s1. The van der Waals surface area contributed by atoms with E-state index in [1.165, 1.54) is 0 Å². The predicted octanol–water partition coefficient (Wildman–Crippen LogP) is 3.70. The van der Waals surface area contributed by atoms with Crippen LogP contribution in [0.15, 0.2) is 58.0 Å². The molecule has 0 amide bonds. The van der Waals surface area contributed by atoms with E-state index in [0.29, 0.717) is 5.56 Å². The molecule has 104 valence electrons. The maximum Gasteiger partial charge on any atom is 0.124 e. The molecule has 0 spiro atoms. The van der Waals surface area contributed by atoms with Gasteiger partial charge in [-0.1, -0.05) is 46.3 Å². The van der Waals surface area contributed by atoms with Crippen molar-refractivity contribution >= 4 is 22.1 Å². The Hall–Kier alpha value is -1.65. The first-order valence-corrected chi connectivity index (χ1v) is 7.12. The van der Waals surface area contributed by atoms with Crippen LogP contribution >= 0.6 is 15.9 Å². The van der Waals surface area contributed by atoms with E-state index in [9.17, 15) is 10.2 Å². The highest BCUT2D eigenvalue weighted by molar-refractivity contribution is 9.10. The fourth-order valence-electron chi connectivity index (χ4n) is 1.84. The lowest BCUT2D eigenvalue weighted by molar-refractivity contribution is 0.154. The van der Waals surface area contributed by atoms with Crippen LogP contribution in [0.1, 0.15) is 24.2 Å². The predicted molar refractivity (Wildman–Crippen MR) is 84.3 cm³/mol. The zero-order valence-electron chi connectivity index (χ0n) is 11.1. The Bertz CT molecular complexity index is 599. The largest absolute Gasteiger partial charge is 0.507 e. The quantitative estimate of drug-likeness (QED) is 0.838. The summed E-state index contributed by atoms with van der Waals surface area (Å²) in [6.07, 6.45) is 0.915. The van der Waals surface area contributed by atoms with Crippen LogP contribution in [-0.2, 0) is 0 Å². The van der Waals surface area contributed by atoms with Gasteiger partial charge in [0.05, 0.1) is 6.04 Å². The van der Waals surface area contributed by atoms with Crippen LogP contribution in [0.5, 0.6) is 5.75 Å². The third-order valence-electron chi connectivity index (χ3n) is 3.04. The van der Waals surface area contributed by atoms with Crippen LogP contribution in [-0.4, -0.2) is 22.5 Å². The van der Waals surface area contributed by atoms with Gasteiger partial charge in [0.1, 0.15) is 11.9 Å². The summed E-state index contributed by atoms with van der Waals surface area (Å²) in [7, 11) is 0. The lowest BCUT2D eigenvalue weighted by atomic mass is 10.0. The number of aromatic hydroxyl groups is 1. The molecule has 2 rings (SSSR count). The van der Waals surface area contributed by atoms with Crippen molar-refractivity contribution in [2.24, 2.45) is 4.99 Å². The van der Waals surface area contributed by atoms with E-state index in [2.05, 4.69) is 20.9 Å². The summed E-state index contributed by atoms with van der Waals surface area (Å²) in [5.41, 5.74) is 1.45. The minimum Gasteiger partial charge on any atom is -0.507 e. The van der Waals surface area contributed by atoms with Crippen LogP contribution in [0.3, 0.4) is 0 Å². The molecule has 0 aromatic heterocycles. The van der Waals surface area contributed by atoms with Crippen LogP contribution in [0.25, 0.3) is 0 Å². The van der Waals surface area contributed by atoms with Crippen molar-refractivity contribution in [2.75, 3.05) is 0 Å². The summed E-state index contributed by atoms with van der Waals surface area (Å²) in [6, 6.07) is 14.3. The molecule has 0 radical (unpaired) electrons. The van der Waals surface area contributed by atoms with Crippen molar-refractivity contribution in [1.82, 2.24) is 0 Å². The Balaban J connectivity index is 2.13. The van der Waals surface area contributed by atoms with Gasteiger partial charge in [0, 0.05) is 16.3 Å². The molecule has 2 aromatic carbocycles. The van der Waals surface area contributed by atoms with E-state index >= 15 is 0 Å². The average Bonchev–Trinajstić information content (AvgIpc) is 2.48. The number of benzene rings is 2. The molecule has 0 aliphatic carbocycles. The summed E-state index contributed by atoms with van der Waals surface area (Å²) in [5, 5.41) is 19.9. The fourth-order valence-corrected chi connectivity index (χ4v) is 2.22. The molecule has 0 aliphatic rings. The molecule has 2 atom stereocenters. The monoisotopic (exact) mass is 333 g/mol. The molecule has 0 bridgehead atoms. The van der Waals surface area contributed by atoms with Gasteiger partial charge in [-0.25, -0.2) is 0 Å². The molecule has 20 heavy (non-hydrogen) atoms. The Kier molecular flexibility index (Phi) is 4.93. The zero-order valence-corrected chi connectivity index (χ0v) is 12.7. The maximum absolute atomic E-state index is 10.2. The van der Waals surface area contributed by atoms with Crippen molar-refractivity contribution < 1.29 is 10.2 Å². The molecule has 3 nitrogen and oxygen atoms in total. The number of rotatable bonds is 4. The molecule has 0 saturated heterocycles. The molecule has 0 fully saturated rings. The molecular weight excluding hydrogens is 318 g/mol. The normalized spacial score (nSPS) is 14.3. The molecule has 0 aliphatic heterocycles. The number of aliphatic imine (C=N–C) groups is 1. The second-order valence-electron chi connectivity index (χ2n) is 4.58. The zero-order chi connectivity index (χ0) is 14.5. The summed E-state index contributed by atoms with van der Waals surface area (Å²) >= 11 is 3.35. The molecule has 2 N–H and O–H groups in total. The number of hydrogen-bond acceptors (Lipinski definition) is 3. The van der Waals surface area contributed by atoms with Gasteiger partial charge < -0.3 is 10.2 Å².